The van der Waals surface area contributed by atoms with Gasteiger partial charge in [-0.3, -0.25) is 19.3 Å². The van der Waals surface area contributed by atoms with E-state index in [1.165, 1.54) is 11.1 Å². The van der Waals surface area contributed by atoms with Gasteiger partial charge in [0.05, 0.1) is 29.6 Å². The van der Waals surface area contributed by atoms with Crippen molar-refractivity contribution in [3.05, 3.63) is 40.7 Å². The Morgan fingerprint density at radius 2 is 1.97 bits per heavy atom. The van der Waals surface area contributed by atoms with Gasteiger partial charge < -0.3 is 4.74 Å². The number of amides is 1. The van der Waals surface area contributed by atoms with Crippen molar-refractivity contribution in [2.24, 2.45) is 7.05 Å². The van der Waals surface area contributed by atoms with Gasteiger partial charge in [-0.15, -0.1) is 0 Å². The molecule has 0 N–H and O–H groups in total. The van der Waals surface area contributed by atoms with Gasteiger partial charge in [-0.1, -0.05) is 17.4 Å². The zero-order chi connectivity index (χ0) is 21.3. The van der Waals surface area contributed by atoms with Gasteiger partial charge in [0.15, 0.2) is 5.13 Å². The van der Waals surface area contributed by atoms with Gasteiger partial charge in [-0.25, -0.2) is 4.98 Å². The van der Waals surface area contributed by atoms with E-state index < -0.39 is 0 Å². The lowest BCUT2D eigenvalue weighted by Gasteiger charge is -2.27. The first kappa shape index (κ1) is 21.0. The molecule has 0 saturated carbocycles. The Kier molecular flexibility index (Phi) is 6.17. The first-order valence-electron chi connectivity index (χ1n) is 10.4. The van der Waals surface area contributed by atoms with Gasteiger partial charge in [-0.05, 0) is 49.9 Å². The maximum Gasteiger partial charge on any atom is 0.278 e. The Morgan fingerprint density at radius 3 is 2.67 bits per heavy atom. The fraction of sp³-hybridized carbons (Fsp3) is 0.500. The number of benzene rings is 1. The van der Waals surface area contributed by atoms with Crippen LogP contribution in [0.5, 0.6) is 0 Å². The second-order valence-corrected chi connectivity index (χ2v) is 8.92. The van der Waals surface area contributed by atoms with Crippen LogP contribution in [-0.2, 0) is 11.8 Å². The van der Waals surface area contributed by atoms with E-state index in [1.54, 1.807) is 22.2 Å². The minimum atomic E-state index is -0.0390. The fourth-order valence-corrected chi connectivity index (χ4v) is 4.92. The summed E-state index contributed by atoms with van der Waals surface area (Å²) in [6, 6.07) is 4.22. The summed E-state index contributed by atoms with van der Waals surface area (Å²) in [5.74, 6) is -0.0390. The lowest BCUT2D eigenvalue weighted by Crippen LogP contribution is -2.39. The van der Waals surface area contributed by atoms with Gasteiger partial charge in [0.25, 0.3) is 5.91 Å². The van der Waals surface area contributed by atoms with Crippen LogP contribution >= 0.6 is 11.3 Å². The van der Waals surface area contributed by atoms with E-state index in [0.29, 0.717) is 12.2 Å². The summed E-state index contributed by atoms with van der Waals surface area (Å²) in [7, 11) is 1.82. The summed E-state index contributed by atoms with van der Waals surface area (Å²) in [6.45, 7) is 11.2. The molecule has 3 aromatic rings. The average Bonchev–Trinajstić information content (AvgIpc) is 3.32. The number of carbonyl (C=O) groups excluding carboxylic acids is 1. The minimum absolute atomic E-state index is 0.0390. The van der Waals surface area contributed by atoms with E-state index in [2.05, 4.69) is 36.0 Å². The van der Waals surface area contributed by atoms with Crippen LogP contribution in [0.3, 0.4) is 0 Å². The molecule has 7 nitrogen and oxygen atoms in total. The Balaban J connectivity index is 1.62. The van der Waals surface area contributed by atoms with Crippen LogP contribution in [0.4, 0.5) is 5.13 Å². The van der Waals surface area contributed by atoms with E-state index in [1.807, 2.05) is 18.9 Å². The molecule has 4 rings (SSSR count). The van der Waals surface area contributed by atoms with Crippen molar-refractivity contribution in [1.82, 2.24) is 19.7 Å². The predicted octanol–water partition coefficient (Wildman–Crippen LogP) is 3.32. The second kappa shape index (κ2) is 8.83. The lowest BCUT2D eigenvalue weighted by atomic mass is 10.1. The van der Waals surface area contributed by atoms with Crippen molar-refractivity contribution in [2.45, 2.75) is 27.2 Å². The molecule has 0 radical (unpaired) electrons. The summed E-state index contributed by atoms with van der Waals surface area (Å²) in [5.41, 5.74) is 4.88. The van der Waals surface area contributed by atoms with Gasteiger partial charge in [0.1, 0.15) is 5.69 Å². The maximum absolute atomic E-state index is 13.6. The summed E-state index contributed by atoms with van der Waals surface area (Å²) >= 11 is 1.58. The van der Waals surface area contributed by atoms with Gasteiger partial charge >= 0.3 is 0 Å². The highest BCUT2D eigenvalue weighted by Crippen LogP contribution is 2.33. The van der Waals surface area contributed by atoms with Gasteiger partial charge in [0, 0.05) is 33.2 Å². The molecule has 1 fully saturated rings. The number of thiazole rings is 1. The topological polar surface area (TPSA) is 63.5 Å². The number of morpholine rings is 1. The lowest BCUT2D eigenvalue weighted by molar-refractivity contribution is 0.0376. The summed E-state index contributed by atoms with van der Waals surface area (Å²) in [6.07, 6.45) is 2.63. The molecule has 0 aliphatic carbocycles. The number of nitrogens with zero attached hydrogens (tertiary/aromatic N) is 5. The molecule has 1 amide bonds. The first-order chi connectivity index (χ1) is 14.5. The number of anilines is 1. The van der Waals surface area contributed by atoms with Crippen molar-refractivity contribution < 1.29 is 9.53 Å². The number of hydrogen-bond acceptors (Lipinski definition) is 6. The monoisotopic (exact) mass is 427 g/mol. The molecule has 30 heavy (non-hydrogen) atoms. The van der Waals surface area contributed by atoms with Crippen LogP contribution in [0.15, 0.2) is 18.3 Å². The van der Waals surface area contributed by atoms with Crippen LogP contribution in [0.1, 0.15) is 33.6 Å². The van der Waals surface area contributed by atoms with Crippen molar-refractivity contribution >= 4 is 32.6 Å². The molecule has 1 aromatic carbocycles. The zero-order valence-electron chi connectivity index (χ0n) is 18.1. The van der Waals surface area contributed by atoms with Crippen LogP contribution in [0.25, 0.3) is 10.2 Å². The van der Waals surface area contributed by atoms with Gasteiger partial charge in [0.2, 0.25) is 0 Å². The number of aryl methyl sites for hydroxylation is 4. The third-order valence-corrected chi connectivity index (χ3v) is 6.88. The molecule has 3 heterocycles. The molecule has 1 saturated heterocycles. The largest absolute Gasteiger partial charge is 0.379 e. The highest BCUT2D eigenvalue weighted by Gasteiger charge is 2.26. The molecular formula is C22H29N5O2S. The highest BCUT2D eigenvalue weighted by molar-refractivity contribution is 7.22. The molecule has 0 spiro atoms. The molecule has 160 valence electrons. The number of rotatable bonds is 6. The van der Waals surface area contributed by atoms with Crippen molar-refractivity contribution in [2.75, 3.05) is 44.3 Å². The number of hydrogen-bond donors (Lipinski definition) is 0. The summed E-state index contributed by atoms with van der Waals surface area (Å²) in [4.78, 5) is 22.7. The van der Waals surface area contributed by atoms with Crippen molar-refractivity contribution in [3.8, 4) is 0 Å². The second-order valence-electron chi connectivity index (χ2n) is 7.91. The van der Waals surface area contributed by atoms with Crippen LogP contribution in [0, 0.1) is 20.8 Å². The van der Waals surface area contributed by atoms with E-state index in [0.717, 1.165) is 60.2 Å². The van der Waals surface area contributed by atoms with E-state index >= 15 is 0 Å². The van der Waals surface area contributed by atoms with Gasteiger partial charge in [-0.2, -0.15) is 5.10 Å². The molecule has 2 aromatic heterocycles. The van der Waals surface area contributed by atoms with Crippen LogP contribution in [0.2, 0.25) is 0 Å². The number of ether oxygens (including phenoxy) is 1. The van der Waals surface area contributed by atoms with E-state index in [-0.39, 0.29) is 5.91 Å². The normalized spacial score (nSPS) is 15.1. The summed E-state index contributed by atoms with van der Waals surface area (Å²) < 4.78 is 8.21. The van der Waals surface area contributed by atoms with E-state index in [4.69, 9.17) is 9.72 Å². The number of carbonyl (C=O) groups is 1. The minimum Gasteiger partial charge on any atom is -0.379 e. The maximum atomic E-state index is 13.6. The standard InChI is InChI=1S/C22H29N5O2S/c1-15-6-7-18-19(17(15)3)24-22(30-18)27(9-5-8-26-10-12-29-13-11-26)21(28)20-16(2)14-23-25(20)4/h6-7,14H,5,8-13H2,1-4H3. The van der Waals surface area contributed by atoms with Crippen molar-refractivity contribution in [3.63, 3.8) is 0 Å². The highest BCUT2D eigenvalue weighted by atomic mass is 32.1. The molecule has 0 unspecified atom stereocenters. The third kappa shape index (κ3) is 4.12. The average molecular weight is 428 g/mol. The zero-order valence-corrected chi connectivity index (χ0v) is 19.0. The van der Waals surface area contributed by atoms with Crippen molar-refractivity contribution in [1.29, 1.82) is 0 Å². The fourth-order valence-electron chi connectivity index (χ4n) is 3.87. The summed E-state index contributed by atoms with van der Waals surface area (Å²) in [5, 5.41) is 5.02. The first-order valence-corrected chi connectivity index (χ1v) is 11.2. The van der Waals surface area contributed by atoms with Crippen LogP contribution < -0.4 is 4.90 Å². The number of fused-ring (bicyclic) bond motifs is 1. The molecule has 0 bridgehead atoms. The Bertz CT molecular complexity index is 1030. The SMILES string of the molecule is Cc1ccc2sc(N(CCCN3CCOCC3)C(=O)c3c(C)cnn3C)nc2c1C. The van der Waals surface area contributed by atoms with E-state index in [9.17, 15) is 4.79 Å². The quantitative estimate of drug-likeness (QED) is 0.604. The molecule has 1 aliphatic heterocycles. The molecule has 1 aliphatic rings. The molecule has 0 atom stereocenters. The molecule has 8 heteroatoms. The Morgan fingerprint density at radius 1 is 1.20 bits per heavy atom. The predicted molar refractivity (Wildman–Crippen MR) is 121 cm³/mol. The smallest absolute Gasteiger partial charge is 0.278 e. The molecular weight excluding hydrogens is 398 g/mol. The number of aromatic nitrogens is 3. The Hall–Kier alpha value is -2.29. The Labute approximate surface area is 181 Å². The third-order valence-electron chi connectivity index (χ3n) is 5.83. The van der Waals surface area contributed by atoms with Crippen LogP contribution in [-0.4, -0.2) is 65.0 Å².